The highest BCUT2D eigenvalue weighted by atomic mass is 35.5. The molecule has 108 valence electrons. The molecule has 8 heteroatoms. The Labute approximate surface area is 130 Å². The number of fused-ring (bicyclic) bond motifs is 1. The van der Waals surface area contributed by atoms with Crippen molar-refractivity contribution in [3.8, 4) is 0 Å². The Morgan fingerprint density at radius 2 is 1.86 bits per heavy atom. The average molecular weight is 340 g/mol. The highest BCUT2D eigenvalue weighted by Crippen LogP contribution is 2.28. The summed E-state index contributed by atoms with van der Waals surface area (Å²) in [5, 5.41) is 6.08. The monoisotopic (exact) mass is 339 g/mol. The van der Waals surface area contributed by atoms with Gasteiger partial charge in [0.25, 0.3) is 0 Å². The fourth-order valence-electron chi connectivity index (χ4n) is 1.85. The van der Waals surface area contributed by atoms with Gasteiger partial charge in [-0.05, 0) is 47.3 Å². The first-order valence-electron chi connectivity index (χ1n) is 5.91. The van der Waals surface area contributed by atoms with Crippen molar-refractivity contribution in [2.24, 2.45) is 0 Å². The van der Waals surface area contributed by atoms with Gasteiger partial charge in [-0.3, -0.25) is 0 Å². The van der Waals surface area contributed by atoms with Gasteiger partial charge in [0, 0.05) is 11.9 Å². The molecule has 0 saturated heterocycles. The maximum absolute atomic E-state index is 11.4. The summed E-state index contributed by atoms with van der Waals surface area (Å²) in [4.78, 5) is 9.38. The van der Waals surface area contributed by atoms with Gasteiger partial charge in [0.15, 0.2) is 9.84 Å². The van der Waals surface area contributed by atoms with Crippen LogP contribution in [0.15, 0.2) is 40.6 Å². The molecule has 5 nitrogen and oxygen atoms in total. The van der Waals surface area contributed by atoms with Crippen LogP contribution < -0.4 is 5.32 Å². The van der Waals surface area contributed by atoms with E-state index in [1.807, 2.05) is 11.4 Å². The van der Waals surface area contributed by atoms with Crippen LogP contribution in [0, 0.1) is 0 Å². The van der Waals surface area contributed by atoms with Crippen LogP contribution in [0.1, 0.15) is 0 Å². The fraction of sp³-hybridized carbons (Fsp3) is 0.0769. The van der Waals surface area contributed by atoms with Gasteiger partial charge in [0.05, 0.1) is 10.3 Å². The van der Waals surface area contributed by atoms with E-state index in [1.165, 1.54) is 17.6 Å². The molecule has 2 heterocycles. The van der Waals surface area contributed by atoms with Gasteiger partial charge in [0.2, 0.25) is 5.28 Å². The minimum atomic E-state index is -3.20. The van der Waals surface area contributed by atoms with Crippen molar-refractivity contribution >= 4 is 54.5 Å². The van der Waals surface area contributed by atoms with E-state index in [4.69, 9.17) is 11.6 Å². The number of sulfone groups is 1. The number of halogens is 1. The zero-order valence-electron chi connectivity index (χ0n) is 10.9. The molecule has 1 aromatic carbocycles. The lowest BCUT2D eigenvalue weighted by atomic mass is 10.3. The van der Waals surface area contributed by atoms with Gasteiger partial charge in [-0.2, -0.15) is 4.98 Å². The van der Waals surface area contributed by atoms with E-state index >= 15 is 0 Å². The van der Waals surface area contributed by atoms with Crippen LogP contribution in [-0.2, 0) is 9.84 Å². The molecular formula is C13H10ClN3O2S2. The summed E-state index contributed by atoms with van der Waals surface area (Å²) in [6, 6.07) is 8.37. The van der Waals surface area contributed by atoms with Crippen molar-refractivity contribution in [3.05, 3.63) is 41.0 Å². The van der Waals surface area contributed by atoms with Gasteiger partial charge >= 0.3 is 0 Å². The smallest absolute Gasteiger partial charge is 0.225 e. The van der Waals surface area contributed by atoms with E-state index in [-0.39, 0.29) is 10.2 Å². The Bertz CT molecular complexity index is 905. The number of rotatable bonds is 3. The van der Waals surface area contributed by atoms with Gasteiger partial charge < -0.3 is 5.32 Å². The molecule has 3 rings (SSSR count). The maximum Gasteiger partial charge on any atom is 0.225 e. The first-order chi connectivity index (χ1) is 9.93. The Morgan fingerprint density at radius 3 is 2.52 bits per heavy atom. The number of nitrogens with zero attached hydrogens (tertiary/aromatic N) is 2. The summed E-state index contributed by atoms with van der Waals surface area (Å²) in [5.41, 5.74) is 0.727. The third-order valence-corrected chi connectivity index (χ3v) is 4.95. The molecule has 0 aliphatic heterocycles. The topological polar surface area (TPSA) is 72.0 Å². The SMILES string of the molecule is CS(=O)(=O)c1ccc(Nc2nc(Cl)nc3sccc23)cc1. The van der Waals surface area contributed by atoms with Crippen LogP contribution in [-0.4, -0.2) is 24.6 Å². The summed E-state index contributed by atoms with van der Waals surface area (Å²) in [7, 11) is -3.20. The minimum Gasteiger partial charge on any atom is -0.340 e. The molecule has 2 aromatic heterocycles. The Hall–Kier alpha value is -1.70. The molecule has 0 radical (unpaired) electrons. The van der Waals surface area contributed by atoms with E-state index in [0.717, 1.165) is 15.9 Å². The number of anilines is 2. The van der Waals surface area contributed by atoms with Gasteiger partial charge in [0.1, 0.15) is 10.6 Å². The highest BCUT2D eigenvalue weighted by molar-refractivity contribution is 7.90. The van der Waals surface area contributed by atoms with E-state index in [0.29, 0.717) is 5.82 Å². The molecule has 0 bridgehead atoms. The molecule has 0 aliphatic rings. The maximum atomic E-state index is 11.4. The predicted octanol–water partition coefficient (Wildman–Crippen LogP) is 3.49. The quantitative estimate of drug-likeness (QED) is 0.739. The highest BCUT2D eigenvalue weighted by Gasteiger charge is 2.09. The molecule has 0 atom stereocenters. The molecule has 1 N–H and O–H groups in total. The van der Waals surface area contributed by atoms with Crippen molar-refractivity contribution in [3.63, 3.8) is 0 Å². The van der Waals surface area contributed by atoms with E-state index in [9.17, 15) is 8.42 Å². The molecular weight excluding hydrogens is 330 g/mol. The minimum absolute atomic E-state index is 0.167. The molecule has 0 fully saturated rings. The predicted molar refractivity (Wildman–Crippen MR) is 85.3 cm³/mol. The number of hydrogen-bond donors (Lipinski definition) is 1. The lowest BCUT2D eigenvalue weighted by molar-refractivity contribution is 0.602. The summed E-state index contributed by atoms with van der Waals surface area (Å²) in [6.07, 6.45) is 1.18. The average Bonchev–Trinajstić information content (AvgIpc) is 2.86. The summed E-state index contributed by atoms with van der Waals surface area (Å²) in [5.74, 6) is 0.596. The molecule has 0 spiro atoms. The first-order valence-corrected chi connectivity index (χ1v) is 9.06. The summed E-state index contributed by atoms with van der Waals surface area (Å²) in [6.45, 7) is 0. The zero-order chi connectivity index (χ0) is 15.0. The second-order valence-corrected chi connectivity index (χ2v) is 7.65. The molecule has 0 saturated carbocycles. The molecule has 0 unspecified atom stereocenters. The van der Waals surface area contributed by atoms with Crippen LogP contribution >= 0.6 is 22.9 Å². The zero-order valence-corrected chi connectivity index (χ0v) is 13.3. The van der Waals surface area contributed by atoms with Crippen molar-refractivity contribution in [2.75, 3.05) is 11.6 Å². The van der Waals surface area contributed by atoms with Gasteiger partial charge in [-0.15, -0.1) is 11.3 Å². The van der Waals surface area contributed by atoms with E-state index in [2.05, 4.69) is 15.3 Å². The van der Waals surface area contributed by atoms with Crippen LogP contribution in [0.5, 0.6) is 0 Å². The number of thiophene rings is 1. The standard InChI is InChI=1S/C13H10ClN3O2S2/c1-21(18,19)9-4-2-8(3-5-9)15-11-10-6-7-20-12(10)17-13(14)16-11/h2-7H,1H3,(H,15,16,17). The Kier molecular flexibility index (Phi) is 3.56. The third kappa shape index (κ3) is 2.99. The largest absolute Gasteiger partial charge is 0.340 e. The summed E-state index contributed by atoms with van der Waals surface area (Å²) >= 11 is 7.37. The van der Waals surface area contributed by atoms with Crippen molar-refractivity contribution in [1.82, 2.24) is 9.97 Å². The molecule has 3 aromatic rings. The Balaban J connectivity index is 1.97. The lowest BCUT2D eigenvalue weighted by Crippen LogP contribution is -1.99. The van der Waals surface area contributed by atoms with Crippen molar-refractivity contribution in [2.45, 2.75) is 4.90 Å². The third-order valence-electron chi connectivity index (χ3n) is 2.84. The van der Waals surface area contributed by atoms with Crippen LogP contribution in [0.2, 0.25) is 5.28 Å². The fourth-order valence-corrected chi connectivity index (χ4v) is 3.46. The van der Waals surface area contributed by atoms with Crippen LogP contribution in [0.25, 0.3) is 10.2 Å². The van der Waals surface area contributed by atoms with Crippen LogP contribution in [0.4, 0.5) is 11.5 Å². The second kappa shape index (κ2) is 5.25. The molecule has 0 amide bonds. The van der Waals surface area contributed by atoms with E-state index < -0.39 is 9.84 Å². The van der Waals surface area contributed by atoms with Crippen molar-refractivity contribution < 1.29 is 8.42 Å². The van der Waals surface area contributed by atoms with Crippen molar-refractivity contribution in [1.29, 1.82) is 0 Å². The number of aromatic nitrogens is 2. The van der Waals surface area contributed by atoms with E-state index in [1.54, 1.807) is 24.3 Å². The number of nitrogens with one attached hydrogen (secondary N) is 1. The van der Waals surface area contributed by atoms with Gasteiger partial charge in [-0.25, -0.2) is 13.4 Å². The normalized spacial score (nSPS) is 11.7. The lowest BCUT2D eigenvalue weighted by Gasteiger charge is -2.07. The first kappa shape index (κ1) is 14.2. The Morgan fingerprint density at radius 1 is 1.14 bits per heavy atom. The number of hydrogen-bond acceptors (Lipinski definition) is 6. The second-order valence-electron chi connectivity index (χ2n) is 4.40. The molecule has 21 heavy (non-hydrogen) atoms. The molecule has 0 aliphatic carbocycles. The van der Waals surface area contributed by atoms with Crippen LogP contribution in [0.3, 0.4) is 0 Å². The van der Waals surface area contributed by atoms with Gasteiger partial charge in [-0.1, -0.05) is 0 Å². The summed E-state index contributed by atoms with van der Waals surface area (Å²) < 4.78 is 22.9. The number of benzene rings is 1.